The van der Waals surface area contributed by atoms with Crippen LogP contribution in [0.4, 0.5) is 0 Å². The minimum atomic E-state index is -0.656. The molecule has 0 fully saturated rings. The van der Waals surface area contributed by atoms with Crippen LogP contribution in [0.15, 0.2) is 48.5 Å². The second-order valence-electron chi connectivity index (χ2n) is 4.98. The smallest absolute Gasteiger partial charge is 0.260 e. The van der Waals surface area contributed by atoms with Crippen LogP contribution in [0.3, 0.4) is 0 Å². The van der Waals surface area contributed by atoms with E-state index < -0.39 is 6.10 Å². The number of hydrogen-bond acceptors (Lipinski definition) is 4. The molecular formula is C18H20ClNO4. The summed E-state index contributed by atoms with van der Waals surface area (Å²) in [4.78, 5) is 12.0. The van der Waals surface area contributed by atoms with E-state index >= 15 is 0 Å². The molecule has 0 bridgehead atoms. The molecule has 0 saturated carbocycles. The Bertz CT molecular complexity index is 678. The first kappa shape index (κ1) is 17.9. The molecule has 0 saturated heterocycles. The molecule has 0 unspecified atom stereocenters. The number of rotatable bonds is 8. The van der Waals surface area contributed by atoms with Crippen LogP contribution in [0.2, 0.25) is 5.02 Å². The highest BCUT2D eigenvalue weighted by molar-refractivity contribution is 6.32. The fourth-order valence-corrected chi connectivity index (χ4v) is 2.18. The zero-order valence-corrected chi connectivity index (χ0v) is 14.4. The third kappa shape index (κ3) is 5.06. The van der Waals surface area contributed by atoms with E-state index in [1.54, 1.807) is 38.3 Å². The first-order chi connectivity index (χ1) is 11.6. The standard InChI is InChI=1S/C18H20ClNO4/c1-13(24-15-8-4-3-7-14(15)19)18(21)20-11-12-23-17-10-6-5-9-16(17)22-2/h3-10,13H,11-12H2,1-2H3,(H,20,21)/t13-/m0/s1. The van der Waals surface area contributed by atoms with Crippen molar-refractivity contribution in [2.75, 3.05) is 20.3 Å². The summed E-state index contributed by atoms with van der Waals surface area (Å²) in [5.41, 5.74) is 0. The van der Waals surface area contributed by atoms with E-state index in [-0.39, 0.29) is 5.91 Å². The Kier molecular flexibility index (Phi) is 6.75. The maximum absolute atomic E-state index is 12.0. The molecule has 5 nitrogen and oxygen atoms in total. The molecule has 0 aliphatic heterocycles. The van der Waals surface area contributed by atoms with Gasteiger partial charge in [-0.1, -0.05) is 35.9 Å². The molecule has 0 radical (unpaired) electrons. The minimum absolute atomic E-state index is 0.237. The number of para-hydroxylation sites is 3. The molecule has 0 aliphatic carbocycles. The lowest BCUT2D eigenvalue weighted by atomic mass is 10.3. The lowest BCUT2D eigenvalue weighted by molar-refractivity contribution is -0.127. The van der Waals surface area contributed by atoms with E-state index in [0.29, 0.717) is 35.4 Å². The van der Waals surface area contributed by atoms with E-state index in [1.165, 1.54) is 0 Å². The van der Waals surface area contributed by atoms with Gasteiger partial charge < -0.3 is 19.5 Å². The van der Waals surface area contributed by atoms with Crippen molar-refractivity contribution in [2.24, 2.45) is 0 Å². The number of ether oxygens (including phenoxy) is 3. The Morgan fingerprint density at radius 3 is 2.38 bits per heavy atom. The molecule has 0 aliphatic rings. The van der Waals surface area contributed by atoms with Gasteiger partial charge in [-0.15, -0.1) is 0 Å². The first-order valence-corrected chi connectivity index (χ1v) is 7.94. The predicted octanol–water partition coefficient (Wildman–Crippen LogP) is 3.31. The van der Waals surface area contributed by atoms with Crippen molar-refractivity contribution in [1.29, 1.82) is 0 Å². The largest absolute Gasteiger partial charge is 0.493 e. The number of amides is 1. The molecule has 6 heteroatoms. The van der Waals surface area contributed by atoms with Gasteiger partial charge in [0.1, 0.15) is 12.4 Å². The van der Waals surface area contributed by atoms with Crippen LogP contribution >= 0.6 is 11.6 Å². The monoisotopic (exact) mass is 349 g/mol. The Hall–Kier alpha value is -2.40. The Balaban J connectivity index is 1.75. The normalized spacial score (nSPS) is 11.5. The van der Waals surface area contributed by atoms with Gasteiger partial charge in [-0.2, -0.15) is 0 Å². The van der Waals surface area contributed by atoms with Gasteiger partial charge in [-0.3, -0.25) is 4.79 Å². The number of hydrogen-bond donors (Lipinski definition) is 1. The number of benzene rings is 2. The average Bonchev–Trinajstić information content (AvgIpc) is 2.60. The van der Waals surface area contributed by atoms with E-state index in [9.17, 15) is 4.79 Å². The number of methoxy groups -OCH3 is 1. The second kappa shape index (κ2) is 9.03. The lowest BCUT2D eigenvalue weighted by Crippen LogP contribution is -2.38. The quantitative estimate of drug-likeness (QED) is 0.743. The summed E-state index contributed by atoms with van der Waals surface area (Å²) in [7, 11) is 1.58. The van der Waals surface area contributed by atoms with E-state index in [1.807, 2.05) is 24.3 Å². The maximum atomic E-state index is 12.0. The summed E-state index contributed by atoms with van der Waals surface area (Å²) in [6.07, 6.45) is -0.656. The van der Waals surface area contributed by atoms with Crippen LogP contribution in [0.1, 0.15) is 6.92 Å². The Labute approximate surface area is 146 Å². The zero-order valence-electron chi connectivity index (χ0n) is 13.6. The van der Waals surface area contributed by atoms with Crippen molar-refractivity contribution in [2.45, 2.75) is 13.0 Å². The molecule has 0 aromatic heterocycles. The molecule has 2 aromatic carbocycles. The van der Waals surface area contributed by atoms with Crippen molar-refractivity contribution in [3.63, 3.8) is 0 Å². The Morgan fingerprint density at radius 1 is 1.08 bits per heavy atom. The molecule has 0 spiro atoms. The van der Waals surface area contributed by atoms with Crippen molar-refractivity contribution in [3.8, 4) is 17.2 Å². The minimum Gasteiger partial charge on any atom is -0.493 e. The summed E-state index contributed by atoms with van der Waals surface area (Å²) < 4.78 is 16.3. The molecule has 24 heavy (non-hydrogen) atoms. The highest BCUT2D eigenvalue weighted by Crippen LogP contribution is 2.25. The van der Waals surface area contributed by atoms with E-state index in [0.717, 1.165) is 0 Å². The van der Waals surface area contributed by atoms with Gasteiger partial charge >= 0.3 is 0 Å². The van der Waals surface area contributed by atoms with Crippen LogP contribution in [-0.2, 0) is 4.79 Å². The highest BCUT2D eigenvalue weighted by atomic mass is 35.5. The Morgan fingerprint density at radius 2 is 1.71 bits per heavy atom. The number of carbonyl (C=O) groups excluding carboxylic acids is 1. The van der Waals surface area contributed by atoms with Gasteiger partial charge in [-0.05, 0) is 31.2 Å². The van der Waals surface area contributed by atoms with Crippen LogP contribution in [-0.4, -0.2) is 32.3 Å². The van der Waals surface area contributed by atoms with Gasteiger partial charge in [-0.25, -0.2) is 0 Å². The molecule has 1 atom stereocenters. The molecule has 1 N–H and O–H groups in total. The SMILES string of the molecule is COc1ccccc1OCCNC(=O)[C@H](C)Oc1ccccc1Cl. The topological polar surface area (TPSA) is 56.8 Å². The van der Waals surface area contributed by atoms with Crippen molar-refractivity contribution in [1.82, 2.24) is 5.32 Å². The summed E-state index contributed by atoms with van der Waals surface area (Å²) in [6, 6.07) is 14.4. The van der Waals surface area contributed by atoms with Crippen LogP contribution in [0.5, 0.6) is 17.2 Å². The fourth-order valence-electron chi connectivity index (χ4n) is 2.00. The molecule has 2 aromatic rings. The van der Waals surface area contributed by atoms with Gasteiger partial charge in [0.25, 0.3) is 5.91 Å². The van der Waals surface area contributed by atoms with Gasteiger partial charge in [0.15, 0.2) is 17.6 Å². The highest BCUT2D eigenvalue weighted by Gasteiger charge is 2.15. The van der Waals surface area contributed by atoms with E-state index in [4.69, 9.17) is 25.8 Å². The third-order valence-corrected chi connectivity index (χ3v) is 3.55. The van der Waals surface area contributed by atoms with Crippen molar-refractivity contribution < 1.29 is 19.0 Å². The maximum Gasteiger partial charge on any atom is 0.260 e. The molecule has 0 heterocycles. The summed E-state index contributed by atoms with van der Waals surface area (Å²) >= 11 is 6.01. The van der Waals surface area contributed by atoms with E-state index in [2.05, 4.69) is 5.32 Å². The first-order valence-electron chi connectivity index (χ1n) is 7.56. The molecule has 1 amide bonds. The van der Waals surface area contributed by atoms with Crippen LogP contribution in [0, 0.1) is 0 Å². The van der Waals surface area contributed by atoms with Crippen LogP contribution < -0.4 is 19.5 Å². The third-order valence-electron chi connectivity index (χ3n) is 3.24. The fraction of sp³-hybridized carbons (Fsp3) is 0.278. The van der Waals surface area contributed by atoms with Gasteiger partial charge in [0.2, 0.25) is 0 Å². The summed E-state index contributed by atoms with van der Waals surface area (Å²) in [6.45, 7) is 2.35. The number of nitrogens with one attached hydrogen (secondary N) is 1. The second-order valence-corrected chi connectivity index (χ2v) is 5.39. The number of carbonyl (C=O) groups is 1. The molecular weight excluding hydrogens is 330 g/mol. The van der Waals surface area contributed by atoms with Crippen LogP contribution in [0.25, 0.3) is 0 Å². The molecule has 2 rings (SSSR count). The molecule has 128 valence electrons. The zero-order chi connectivity index (χ0) is 17.4. The van der Waals surface area contributed by atoms with Gasteiger partial charge in [0.05, 0.1) is 18.7 Å². The number of halogens is 1. The van der Waals surface area contributed by atoms with Crippen molar-refractivity contribution in [3.05, 3.63) is 53.6 Å². The summed E-state index contributed by atoms with van der Waals surface area (Å²) in [5, 5.41) is 3.23. The average molecular weight is 350 g/mol. The van der Waals surface area contributed by atoms with Crippen molar-refractivity contribution >= 4 is 17.5 Å². The predicted molar refractivity (Wildman–Crippen MR) is 93.0 cm³/mol. The lowest BCUT2D eigenvalue weighted by Gasteiger charge is -2.16. The summed E-state index contributed by atoms with van der Waals surface area (Å²) in [5.74, 6) is 1.53. The van der Waals surface area contributed by atoms with Gasteiger partial charge in [0, 0.05) is 0 Å².